The van der Waals surface area contributed by atoms with Crippen LogP contribution in [0.15, 0.2) is 115 Å². The lowest BCUT2D eigenvalue weighted by Crippen LogP contribution is -2.17. The van der Waals surface area contributed by atoms with Gasteiger partial charge in [-0.3, -0.25) is 4.79 Å². The molecule has 31 heavy (non-hydrogen) atoms. The van der Waals surface area contributed by atoms with E-state index < -0.39 is 0 Å². The minimum atomic E-state index is -0.0107. The van der Waals surface area contributed by atoms with Crippen molar-refractivity contribution in [3.8, 4) is 5.75 Å². The van der Waals surface area contributed by atoms with E-state index in [-0.39, 0.29) is 17.6 Å². The van der Waals surface area contributed by atoms with Crippen LogP contribution in [0, 0.1) is 0 Å². The van der Waals surface area contributed by atoms with Crippen LogP contribution in [0.5, 0.6) is 5.75 Å². The average molecular weight is 407 g/mol. The summed E-state index contributed by atoms with van der Waals surface area (Å²) in [5.74, 6) is 1.01. The topological polar surface area (TPSA) is 26.3 Å². The van der Waals surface area contributed by atoms with Gasteiger partial charge < -0.3 is 4.74 Å². The smallest absolute Gasteiger partial charge is 0.163 e. The quantitative estimate of drug-likeness (QED) is 0.298. The molecule has 0 fully saturated rings. The second-order valence-corrected chi connectivity index (χ2v) is 7.67. The van der Waals surface area contributed by atoms with Crippen molar-refractivity contribution in [2.24, 2.45) is 0 Å². The molecule has 0 spiro atoms. The van der Waals surface area contributed by atoms with Gasteiger partial charge in [-0.05, 0) is 28.8 Å². The molecule has 0 heterocycles. The first-order chi connectivity index (χ1) is 15.3. The Labute approximate surface area is 184 Å². The van der Waals surface area contributed by atoms with Gasteiger partial charge in [-0.25, -0.2) is 0 Å². The van der Waals surface area contributed by atoms with E-state index in [0.29, 0.717) is 6.42 Å². The fraction of sp³-hybridized carbons (Fsp3) is 0.138. The Balaban J connectivity index is 1.80. The normalized spacial score (nSPS) is 11.8. The van der Waals surface area contributed by atoms with Gasteiger partial charge in [-0.2, -0.15) is 0 Å². The number of hydrogen-bond donors (Lipinski definition) is 0. The molecule has 4 aromatic carbocycles. The summed E-state index contributed by atoms with van der Waals surface area (Å²) in [5, 5.41) is 0. The van der Waals surface area contributed by atoms with E-state index in [1.165, 1.54) is 11.1 Å². The summed E-state index contributed by atoms with van der Waals surface area (Å²) in [6.45, 7) is 0. The van der Waals surface area contributed by atoms with Crippen molar-refractivity contribution in [1.29, 1.82) is 0 Å². The Hall–Kier alpha value is -3.65. The molecule has 4 aromatic rings. The van der Waals surface area contributed by atoms with E-state index in [9.17, 15) is 4.79 Å². The van der Waals surface area contributed by atoms with E-state index >= 15 is 0 Å². The fourth-order valence-corrected chi connectivity index (χ4v) is 4.20. The van der Waals surface area contributed by atoms with Crippen molar-refractivity contribution >= 4 is 5.78 Å². The van der Waals surface area contributed by atoms with Crippen LogP contribution < -0.4 is 4.74 Å². The summed E-state index contributed by atoms with van der Waals surface area (Å²) in [5.41, 5.74) is 4.29. The maximum Gasteiger partial charge on any atom is 0.163 e. The maximum absolute atomic E-state index is 13.3. The van der Waals surface area contributed by atoms with Crippen molar-refractivity contribution in [3.05, 3.63) is 138 Å². The summed E-state index contributed by atoms with van der Waals surface area (Å²) in [7, 11) is 1.67. The van der Waals surface area contributed by atoms with Crippen molar-refractivity contribution < 1.29 is 9.53 Å². The number of hydrogen-bond acceptors (Lipinski definition) is 2. The molecule has 1 atom stereocenters. The highest BCUT2D eigenvalue weighted by Gasteiger charge is 2.29. The van der Waals surface area contributed by atoms with E-state index in [2.05, 4.69) is 60.7 Å². The summed E-state index contributed by atoms with van der Waals surface area (Å²) >= 11 is 0. The number of carbonyl (C=O) groups excluding carboxylic acids is 1. The van der Waals surface area contributed by atoms with Crippen LogP contribution in [0.3, 0.4) is 0 Å². The highest BCUT2D eigenvalue weighted by molar-refractivity contribution is 5.96. The van der Waals surface area contributed by atoms with Gasteiger partial charge >= 0.3 is 0 Å². The molecule has 0 bridgehead atoms. The molecule has 2 heteroatoms. The molecule has 0 aliphatic carbocycles. The molecule has 154 valence electrons. The third-order valence-corrected chi connectivity index (χ3v) is 5.76. The van der Waals surface area contributed by atoms with Gasteiger partial charge in [0.15, 0.2) is 5.78 Å². The molecular formula is C29H26O2. The van der Waals surface area contributed by atoms with E-state index in [4.69, 9.17) is 4.74 Å². The SMILES string of the molecule is COc1ccc([C@H](CC(=O)c2ccccc2)C(c2ccccc2)c2ccccc2)cc1. The first kappa shape index (κ1) is 20.6. The predicted molar refractivity (Wildman–Crippen MR) is 126 cm³/mol. The Bertz CT molecular complexity index is 1050. The van der Waals surface area contributed by atoms with Gasteiger partial charge in [-0.1, -0.05) is 103 Å². The molecule has 0 radical (unpaired) electrons. The monoisotopic (exact) mass is 406 g/mol. The fourth-order valence-electron chi connectivity index (χ4n) is 4.20. The molecule has 0 aromatic heterocycles. The molecule has 0 saturated heterocycles. The van der Waals surface area contributed by atoms with Crippen molar-refractivity contribution in [3.63, 3.8) is 0 Å². The number of ketones is 1. The number of methoxy groups -OCH3 is 1. The van der Waals surface area contributed by atoms with Crippen molar-refractivity contribution in [2.75, 3.05) is 7.11 Å². The lowest BCUT2D eigenvalue weighted by molar-refractivity contribution is 0.0971. The molecule has 0 N–H and O–H groups in total. The molecule has 0 aliphatic heterocycles. The van der Waals surface area contributed by atoms with Crippen molar-refractivity contribution in [1.82, 2.24) is 0 Å². The Morgan fingerprint density at radius 3 is 1.61 bits per heavy atom. The van der Waals surface area contributed by atoms with Gasteiger partial charge in [0, 0.05) is 23.8 Å². The molecule has 0 amide bonds. The third kappa shape index (κ3) is 4.92. The molecule has 0 aliphatic rings. The third-order valence-electron chi connectivity index (χ3n) is 5.76. The minimum Gasteiger partial charge on any atom is -0.497 e. The predicted octanol–water partition coefficient (Wildman–Crippen LogP) is 6.88. The number of ether oxygens (including phenoxy) is 1. The Morgan fingerprint density at radius 1 is 0.645 bits per heavy atom. The second kappa shape index (κ2) is 9.90. The maximum atomic E-state index is 13.3. The molecule has 0 saturated carbocycles. The van der Waals surface area contributed by atoms with E-state index in [1.807, 2.05) is 54.6 Å². The highest BCUT2D eigenvalue weighted by atomic mass is 16.5. The molecule has 4 rings (SSSR count). The first-order valence-electron chi connectivity index (χ1n) is 10.6. The summed E-state index contributed by atoms with van der Waals surface area (Å²) in [6.07, 6.45) is 0.421. The summed E-state index contributed by atoms with van der Waals surface area (Å²) in [4.78, 5) is 13.3. The second-order valence-electron chi connectivity index (χ2n) is 7.67. The first-order valence-corrected chi connectivity index (χ1v) is 10.6. The van der Waals surface area contributed by atoms with Crippen LogP contribution in [0.4, 0.5) is 0 Å². The molecular weight excluding hydrogens is 380 g/mol. The summed E-state index contributed by atoms with van der Waals surface area (Å²) in [6, 6.07) is 38.6. The highest BCUT2D eigenvalue weighted by Crippen LogP contribution is 2.41. The minimum absolute atomic E-state index is 0.0107. The largest absolute Gasteiger partial charge is 0.497 e. The number of carbonyl (C=O) groups is 1. The zero-order valence-corrected chi connectivity index (χ0v) is 17.6. The van der Waals surface area contributed by atoms with Gasteiger partial charge in [0.05, 0.1) is 7.11 Å². The zero-order chi connectivity index (χ0) is 21.5. The van der Waals surface area contributed by atoms with E-state index in [1.54, 1.807) is 7.11 Å². The molecule has 2 nitrogen and oxygen atoms in total. The number of rotatable bonds is 8. The lowest BCUT2D eigenvalue weighted by Gasteiger charge is -2.29. The van der Waals surface area contributed by atoms with Crippen LogP contribution in [0.25, 0.3) is 0 Å². The van der Waals surface area contributed by atoms with Gasteiger partial charge in [0.1, 0.15) is 5.75 Å². The number of Topliss-reactive ketones (excluding diaryl/α,β-unsaturated/α-hetero) is 1. The molecule has 0 unspecified atom stereocenters. The Kier molecular flexibility index (Phi) is 6.59. The van der Waals surface area contributed by atoms with Crippen molar-refractivity contribution in [2.45, 2.75) is 18.3 Å². The standard InChI is InChI=1S/C29H26O2/c1-31-26-19-17-22(18-20-26)27(21-28(30)23-11-5-2-6-12-23)29(24-13-7-3-8-14-24)25-15-9-4-10-16-25/h2-20,27,29H,21H2,1H3/t27-/m0/s1. The van der Waals surface area contributed by atoms with Crippen LogP contribution in [0.1, 0.15) is 45.3 Å². The lowest BCUT2D eigenvalue weighted by atomic mass is 9.74. The Morgan fingerprint density at radius 2 is 1.13 bits per heavy atom. The van der Waals surface area contributed by atoms with Crippen LogP contribution in [0.2, 0.25) is 0 Å². The number of benzene rings is 4. The van der Waals surface area contributed by atoms with E-state index in [0.717, 1.165) is 16.9 Å². The summed E-state index contributed by atoms with van der Waals surface area (Å²) < 4.78 is 5.36. The van der Waals surface area contributed by atoms with Gasteiger partial charge in [0.2, 0.25) is 0 Å². The van der Waals surface area contributed by atoms with Crippen LogP contribution in [-0.4, -0.2) is 12.9 Å². The van der Waals surface area contributed by atoms with Gasteiger partial charge in [-0.15, -0.1) is 0 Å². The van der Waals surface area contributed by atoms with Crippen LogP contribution in [-0.2, 0) is 0 Å². The van der Waals surface area contributed by atoms with Gasteiger partial charge in [0.25, 0.3) is 0 Å². The zero-order valence-electron chi connectivity index (χ0n) is 17.6. The van der Waals surface area contributed by atoms with Crippen LogP contribution >= 0.6 is 0 Å². The average Bonchev–Trinajstić information content (AvgIpc) is 2.85.